The zero-order valence-corrected chi connectivity index (χ0v) is 11.3. The van der Waals surface area contributed by atoms with Gasteiger partial charge in [0, 0.05) is 24.9 Å². The minimum absolute atomic E-state index is 0.0408. The highest BCUT2D eigenvalue weighted by atomic mass is 32.2. The maximum atomic E-state index is 12.0. The van der Waals surface area contributed by atoms with Crippen molar-refractivity contribution < 1.29 is 18.0 Å². The van der Waals surface area contributed by atoms with Gasteiger partial charge in [0.25, 0.3) is 11.7 Å². The summed E-state index contributed by atoms with van der Waals surface area (Å²) in [6, 6.07) is 3.01. The highest BCUT2D eigenvalue weighted by Crippen LogP contribution is 2.21. The molecule has 2 aromatic heterocycles. The monoisotopic (exact) mass is 301 g/mol. The van der Waals surface area contributed by atoms with Gasteiger partial charge in [-0.3, -0.25) is 4.79 Å². The molecule has 0 radical (unpaired) electrons. The number of nitrogens with zero attached hydrogens (tertiary/aromatic N) is 1. The van der Waals surface area contributed by atoms with E-state index in [4.69, 9.17) is 4.42 Å². The van der Waals surface area contributed by atoms with Crippen LogP contribution in [0.2, 0.25) is 0 Å². The van der Waals surface area contributed by atoms with Crippen LogP contribution in [0.15, 0.2) is 29.1 Å². The van der Waals surface area contributed by atoms with Gasteiger partial charge in [-0.05, 0) is 12.1 Å². The lowest BCUT2D eigenvalue weighted by Gasteiger charge is -2.01. The van der Waals surface area contributed by atoms with Gasteiger partial charge in [0.1, 0.15) is 5.76 Å². The van der Waals surface area contributed by atoms with Crippen LogP contribution in [0.25, 0.3) is 0 Å². The maximum absolute atomic E-state index is 12.0. The third-order valence-corrected chi connectivity index (χ3v) is 3.17. The Hall–Kier alpha value is -1.83. The number of nitrogens with one attached hydrogen (secondary N) is 2. The number of aromatic nitrogens is 2. The van der Waals surface area contributed by atoms with Gasteiger partial charge in [-0.25, -0.2) is 4.98 Å². The number of H-pyrrole nitrogens is 1. The van der Waals surface area contributed by atoms with Gasteiger partial charge < -0.3 is 14.7 Å². The topological polar surface area (TPSA) is 70.9 Å². The van der Waals surface area contributed by atoms with Crippen LogP contribution < -0.4 is 5.32 Å². The highest BCUT2D eigenvalue weighted by molar-refractivity contribution is 7.98. The number of thioether (sulfide) groups is 1. The third kappa shape index (κ3) is 4.37. The van der Waals surface area contributed by atoms with Gasteiger partial charge in [0.2, 0.25) is 0 Å². The molecule has 0 aromatic carbocycles. The number of alkyl halides is 2. The lowest BCUT2D eigenvalue weighted by Crippen LogP contribution is -2.25. The fraction of sp³-hybridized carbons (Fsp3) is 0.333. The molecular weight excluding hydrogens is 288 g/mol. The van der Waals surface area contributed by atoms with E-state index < -0.39 is 5.76 Å². The van der Waals surface area contributed by atoms with Crippen molar-refractivity contribution in [3.63, 3.8) is 0 Å². The molecule has 108 valence electrons. The van der Waals surface area contributed by atoms with Crippen LogP contribution in [0.5, 0.6) is 0 Å². The number of carbonyl (C=O) groups is 1. The molecule has 1 amide bonds. The van der Waals surface area contributed by atoms with Crippen LogP contribution in [-0.4, -0.2) is 28.2 Å². The van der Waals surface area contributed by atoms with Crippen molar-refractivity contribution in [3.05, 3.63) is 41.9 Å². The highest BCUT2D eigenvalue weighted by Gasteiger charge is 2.12. The summed E-state index contributed by atoms with van der Waals surface area (Å²) in [7, 11) is 0. The molecule has 2 N–H and O–H groups in total. The first-order chi connectivity index (χ1) is 9.65. The Morgan fingerprint density at radius 2 is 2.35 bits per heavy atom. The van der Waals surface area contributed by atoms with Gasteiger partial charge >= 0.3 is 0 Å². The SMILES string of the molecule is O=C(NCCc1cnc[nH]1)c1ccc(CSC(F)F)o1. The molecule has 20 heavy (non-hydrogen) atoms. The van der Waals surface area contributed by atoms with Crippen molar-refractivity contribution in [2.24, 2.45) is 0 Å². The number of aromatic amines is 1. The second-order valence-electron chi connectivity index (χ2n) is 3.92. The number of halogens is 2. The Morgan fingerprint density at radius 3 is 3.05 bits per heavy atom. The van der Waals surface area contributed by atoms with E-state index in [1.807, 2.05) is 0 Å². The van der Waals surface area contributed by atoms with Crippen molar-refractivity contribution in [2.75, 3.05) is 6.54 Å². The Morgan fingerprint density at radius 1 is 1.50 bits per heavy atom. The molecule has 8 heteroatoms. The summed E-state index contributed by atoms with van der Waals surface area (Å²) in [6.07, 6.45) is 3.87. The van der Waals surface area contributed by atoms with Crippen LogP contribution in [0.3, 0.4) is 0 Å². The molecule has 0 saturated carbocycles. The average Bonchev–Trinajstić information content (AvgIpc) is 3.07. The van der Waals surface area contributed by atoms with E-state index in [-0.39, 0.29) is 17.4 Å². The lowest BCUT2D eigenvalue weighted by atomic mass is 10.3. The molecule has 0 atom stereocenters. The summed E-state index contributed by atoms with van der Waals surface area (Å²) < 4.78 is 29.2. The molecule has 5 nitrogen and oxygen atoms in total. The van der Waals surface area contributed by atoms with Crippen LogP contribution >= 0.6 is 11.8 Å². The van der Waals surface area contributed by atoms with Crippen molar-refractivity contribution in [3.8, 4) is 0 Å². The van der Waals surface area contributed by atoms with E-state index in [1.54, 1.807) is 12.5 Å². The molecule has 0 fully saturated rings. The molecule has 2 aromatic rings. The Labute approximate surface area is 118 Å². The maximum Gasteiger partial charge on any atom is 0.287 e. The predicted octanol–water partition coefficient (Wildman–Crippen LogP) is 2.43. The number of furan rings is 1. The van der Waals surface area contributed by atoms with Crippen LogP contribution in [0, 0.1) is 0 Å². The molecule has 0 spiro atoms. The van der Waals surface area contributed by atoms with E-state index in [0.29, 0.717) is 30.5 Å². The quantitative estimate of drug-likeness (QED) is 0.824. The number of amides is 1. The van der Waals surface area contributed by atoms with Gasteiger partial charge in [-0.15, -0.1) is 0 Å². The number of rotatable bonds is 7. The number of hydrogen-bond donors (Lipinski definition) is 2. The molecular formula is C12H13F2N3O2S. The summed E-state index contributed by atoms with van der Waals surface area (Å²) in [5.74, 6) is -2.29. The van der Waals surface area contributed by atoms with Crippen LogP contribution in [0.4, 0.5) is 8.78 Å². The second kappa shape index (κ2) is 7.09. The molecule has 0 aliphatic heterocycles. The van der Waals surface area contributed by atoms with Crippen molar-refractivity contribution in [2.45, 2.75) is 17.9 Å². The number of hydrogen-bond acceptors (Lipinski definition) is 4. The molecule has 0 unspecified atom stereocenters. The molecule has 2 heterocycles. The minimum atomic E-state index is -2.45. The smallest absolute Gasteiger partial charge is 0.287 e. The summed E-state index contributed by atoms with van der Waals surface area (Å²) >= 11 is 0.456. The molecule has 0 bridgehead atoms. The van der Waals surface area contributed by atoms with E-state index in [9.17, 15) is 13.6 Å². The molecule has 2 rings (SSSR count). The molecule has 0 saturated heterocycles. The number of imidazole rings is 1. The average molecular weight is 301 g/mol. The van der Waals surface area contributed by atoms with E-state index in [1.165, 1.54) is 12.1 Å². The van der Waals surface area contributed by atoms with Crippen molar-refractivity contribution >= 4 is 17.7 Å². The zero-order valence-electron chi connectivity index (χ0n) is 10.4. The Balaban J connectivity index is 1.77. The summed E-state index contributed by atoms with van der Waals surface area (Å²) in [5.41, 5.74) is 0.916. The van der Waals surface area contributed by atoms with Crippen molar-refractivity contribution in [1.29, 1.82) is 0 Å². The van der Waals surface area contributed by atoms with Gasteiger partial charge in [-0.1, -0.05) is 11.8 Å². The van der Waals surface area contributed by atoms with Crippen molar-refractivity contribution in [1.82, 2.24) is 15.3 Å². The largest absolute Gasteiger partial charge is 0.455 e. The fourth-order valence-electron chi connectivity index (χ4n) is 1.54. The van der Waals surface area contributed by atoms with Gasteiger partial charge in [-0.2, -0.15) is 8.78 Å². The summed E-state index contributed by atoms with van der Waals surface area (Å²) in [4.78, 5) is 18.5. The normalized spacial score (nSPS) is 10.9. The first kappa shape index (κ1) is 14.6. The van der Waals surface area contributed by atoms with Crippen LogP contribution in [-0.2, 0) is 12.2 Å². The van der Waals surface area contributed by atoms with E-state index in [0.717, 1.165) is 5.69 Å². The minimum Gasteiger partial charge on any atom is -0.455 e. The lowest BCUT2D eigenvalue weighted by molar-refractivity contribution is 0.0925. The Bertz CT molecular complexity index is 543. The van der Waals surface area contributed by atoms with E-state index in [2.05, 4.69) is 15.3 Å². The van der Waals surface area contributed by atoms with E-state index >= 15 is 0 Å². The first-order valence-corrected chi connectivity index (χ1v) is 6.94. The third-order valence-electron chi connectivity index (χ3n) is 2.47. The second-order valence-corrected chi connectivity index (χ2v) is 4.90. The zero-order chi connectivity index (χ0) is 14.4. The van der Waals surface area contributed by atoms with Gasteiger partial charge in [0.15, 0.2) is 5.76 Å². The predicted molar refractivity (Wildman–Crippen MR) is 70.6 cm³/mol. The standard InChI is InChI=1S/C12H13F2N3O2S/c13-12(14)20-6-9-1-2-10(19-9)11(18)16-4-3-8-5-15-7-17-8/h1-2,5,7,12H,3-4,6H2,(H,15,17)(H,16,18). The fourth-order valence-corrected chi connectivity index (χ4v) is 1.99. The summed E-state index contributed by atoms with van der Waals surface area (Å²) in [6.45, 7) is 0.433. The first-order valence-electron chi connectivity index (χ1n) is 5.89. The van der Waals surface area contributed by atoms with Crippen LogP contribution in [0.1, 0.15) is 22.0 Å². The van der Waals surface area contributed by atoms with Gasteiger partial charge in [0.05, 0.1) is 12.1 Å². The Kier molecular flexibility index (Phi) is 5.16. The number of carbonyl (C=O) groups excluding carboxylic acids is 1. The molecule has 0 aliphatic carbocycles. The molecule has 0 aliphatic rings. The summed E-state index contributed by atoms with van der Waals surface area (Å²) in [5, 5.41) is 2.68.